The van der Waals surface area contributed by atoms with Crippen LogP contribution < -0.4 is 10.5 Å². The van der Waals surface area contributed by atoms with Crippen LogP contribution in [-0.4, -0.2) is 7.11 Å². The van der Waals surface area contributed by atoms with Crippen molar-refractivity contribution < 1.29 is 4.74 Å². The molecule has 1 aliphatic carbocycles. The zero-order valence-corrected chi connectivity index (χ0v) is 12.6. The Morgan fingerprint density at radius 3 is 2.71 bits per heavy atom. The number of benzene rings is 2. The third-order valence-electron chi connectivity index (χ3n) is 4.60. The quantitative estimate of drug-likeness (QED) is 0.891. The van der Waals surface area contributed by atoms with Crippen LogP contribution in [0.3, 0.4) is 0 Å². The summed E-state index contributed by atoms with van der Waals surface area (Å²) in [7, 11) is 1.76. The molecule has 0 saturated carbocycles. The fourth-order valence-electron chi connectivity index (χ4n) is 3.46. The summed E-state index contributed by atoms with van der Waals surface area (Å²) < 4.78 is 5.55. The normalized spacial score (nSPS) is 18.3. The molecule has 2 aromatic carbocycles. The predicted octanol–water partition coefficient (Wildman–Crippen LogP) is 4.21. The topological polar surface area (TPSA) is 35.2 Å². The lowest BCUT2D eigenvalue weighted by Gasteiger charge is -2.18. The minimum Gasteiger partial charge on any atom is -0.496 e. The molecule has 1 unspecified atom stereocenters. The molecule has 0 amide bonds. The zero-order valence-electron chi connectivity index (χ0n) is 12.6. The summed E-state index contributed by atoms with van der Waals surface area (Å²) in [6.45, 7) is 0. The van der Waals surface area contributed by atoms with Gasteiger partial charge in [0, 0.05) is 11.6 Å². The SMILES string of the molecule is COc1cccc2c1C(CC[C@@H](N)c1ccccc1)CC2. The van der Waals surface area contributed by atoms with E-state index in [1.54, 1.807) is 7.11 Å². The Balaban J connectivity index is 1.69. The first-order valence-electron chi connectivity index (χ1n) is 7.76. The lowest BCUT2D eigenvalue weighted by molar-refractivity contribution is 0.403. The maximum Gasteiger partial charge on any atom is 0.122 e. The number of nitrogens with two attached hydrogens (primary N) is 1. The minimum absolute atomic E-state index is 0.130. The van der Waals surface area contributed by atoms with Gasteiger partial charge in [-0.15, -0.1) is 0 Å². The van der Waals surface area contributed by atoms with E-state index in [0.717, 1.165) is 25.0 Å². The highest BCUT2D eigenvalue weighted by molar-refractivity contribution is 5.46. The molecule has 0 aromatic heterocycles. The van der Waals surface area contributed by atoms with Crippen LogP contribution in [-0.2, 0) is 6.42 Å². The van der Waals surface area contributed by atoms with E-state index < -0.39 is 0 Å². The molecule has 0 fully saturated rings. The average molecular weight is 281 g/mol. The molecular weight excluding hydrogens is 258 g/mol. The van der Waals surface area contributed by atoms with Crippen molar-refractivity contribution in [1.82, 2.24) is 0 Å². The van der Waals surface area contributed by atoms with Gasteiger partial charge in [0.25, 0.3) is 0 Å². The van der Waals surface area contributed by atoms with E-state index in [1.807, 2.05) is 6.07 Å². The van der Waals surface area contributed by atoms with Crippen molar-refractivity contribution in [3.05, 3.63) is 65.2 Å². The molecule has 2 nitrogen and oxygen atoms in total. The molecule has 0 heterocycles. The van der Waals surface area contributed by atoms with Gasteiger partial charge in [-0.25, -0.2) is 0 Å². The fourth-order valence-corrected chi connectivity index (χ4v) is 3.46. The first-order chi connectivity index (χ1) is 10.3. The summed E-state index contributed by atoms with van der Waals surface area (Å²) in [5, 5.41) is 0. The summed E-state index contributed by atoms with van der Waals surface area (Å²) in [5.41, 5.74) is 10.4. The van der Waals surface area contributed by atoms with Crippen molar-refractivity contribution in [2.24, 2.45) is 5.73 Å². The lowest BCUT2D eigenvalue weighted by Crippen LogP contribution is -2.11. The molecule has 21 heavy (non-hydrogen) atoms. The van der Waals surface area contributed by atoms with Crippen LogP contribution in [0.25, 0.3) is 0 Å². The van der Waals surface area contributed by atoms with Crippen LogP contribution in [0.4, 0.5) is 0 Å². The number of hydrogen-bond donors (Lipinski definition) is 1. The molecule has 0 spiro atoms. The molecule has 2 aromatic rings. The van der Waals surface area contributed by atoms with Gasteiger partial charge in [0.2, 0.25) is 0 Å². The number of hydrogen-bond acceptors (Lipinski definition) is 2. The van der Waals surface area contributed by atoms with Crippen molar-refractivity contribution in [3.8, 4) is 5.75 Å². The first kappa shape index (κ1) is 14.2. The van der Waals surface area contributed by atoms with Crippen molar-refractivity contribution in [2.45, 2.75) is 37.6 Å². The van der Waals surface area contributed by atoms with Gasteiger partial charge in [-0.3, -0.25) is 0 Å². The number of rotatable bonds is 5. The Morgan fingerprint density at radius 1 is 1.14 bits per heavy atom. The van der Waals surface area contributed by atoms with E-state index in [2.05, 4.69) is 42.5 Å². The molecular formula is C19H23NO. The Labute approximate surface area is 126 Å². The second-order valence-corrected chi connectivity index (χ2v) is 5.86. The standard InChI is InChI=1S/C19H23NO/c1-21-18-9-5-8-15-10-11-16(19(15)18)12-13-17(20)14-6-3-2-4-7-14/h2-9,16-17H,10-13,20H2,1H3/t16?,17-/m1/s1. The summed E-state index contributed by atoms with van der Waals surface area (Å²) >= 11 is 0. The Hall–Kier alpha value is -1.80. The van der Waals surface area contributed by atoms with Crippen LogP contribution in [0.15, 0.2) is 48.5 Å². The van der Waals surface area contributed by atoms with Crippen molar-refractivity contribution in [2.75, 3.05) is 7.11 Å². The Morgan fingerprint density at radius 2 is 1.95 bits per heavy atom. The maximum atomic E-state index is 6.33. The lowest BCUT2D eigenvalue weighted by atomic mass is 9.91. The fraction of sp³-hybridized carbons (Fsp3) is 0.368. The van der Waals surface area contributed by atoms with E-state index in [1.165, 1.54) is 23.1 Å². The van der Waals surface area contributed by atoms with Gasteiger partial charge in [0.15, 0.2) is 0 Å². The van der Waals surface area contributed by atoms with Crippen LogP contribution in [0.2, 0.25) is 0 Å². The summed E-state index contributed by atoms with van der Waals surface area (Å²) in [6, 6.07) is 16.9. The van der Waals surface area contributed by atoms with Crippen molar-refractivity contribution in [1.29, 1.82) is 0 Å². The molecule has 0 radical (unpaired) electrons. The molecule has 0 bridgehead atoms. The molecule has 110 valence electrons. The highest BCUT2D eigenvalue weighted by atomic mass is 16.5. The number of methoxy groups -OCH3 is 1. The van der Waals surface area contributed by atoms with Gasteiger partial charge < -0.3 is 10.5 Å². The highest BCUT2D eigenvalue weighted by Gasteiger charge is 2.26. The molecule has 2 heteroatoms. The van der Waals surface area contributed by atoms with Crippen LogP contribution in [0, 0.1) is 0 Å². The number of aryl methyl sites for hydroxylation is 1. The van der Waals surface area contributed by atoms with Gasteiger partial charge in [0.1, 0.15) is 5.75 Å². The minimum atomic E-state index is 0.130. The van der Waals surface area contributed by atoms with E-state index in [4.69, 9.17) is 10.5 Å². The van der Waals surface area contributed by atoms with Gasteiger partial charge >= 0.3 is 0 Å². The third-order valence-corrected chi connectivity index (χ3v) is 4.60. The first-order valence-corrected chi connectivity index (χ1v) is 7.76. The summed E-state index contributed by atoms with van der Waals surface area (Å²) in [4.78, 5) is 0. The van der Waals surface area contributed by atoms with Crippen molar-refractivity contribution in [3.63, 3.8) is 0 Å². The molecule has 0 saturated heterocycles. The molecule has 2 N–H and O–H groups in total. The van der Waals surface area contributed by atoms with Gasteiger partial charge in [0.05, 0.1) is 7.11 Å². The molecule has 1 aliphatic rings. The van der Waals surface area contributed by atoms with Crippen LogP contribution in [0.5, 0.6) is 5.75 Å². The van der Waals surface area contributed by atoms with E-state index >= 15 is 0 Å². The molecule has 2 atom stereocenters. The maximum absolute atomic E-state index is 6.33. The largest absolute Gasteiger partial charge is 0.496 e. The Bertz CT molecular complexity index is 594. The Kier molecular flexibility index (Phi) is 4.26. The summed E-state index contributed by atoms with van der Waals surface area (Å²) in [5.74, 6) is 1.63. The predicted molar refractivity (Wildman–Crippen MR) is 86.7 cm³/mol. The van der Waals surface area contributed by atoms with Crippen molar-refractivity contribution >= 4 is 0 Å². The van der Waals surface area contributed by atoms with E-state index in [0.29, 0.717) is 5.92 Å². The van der Waals surface area contributed by atoms with Gasteiger partial charge in [-0.2, -0.15) is 0 Å². The van der Waals surface area contributed by atoms with E-state index in [-0.39, 0.29) is 6.04 Å². The van der Waals surface area contributed by atoms with Gasteiger partial charge in [-0.1, -0.05) is 42.5 Å². The van der Waals surface area contributed by atoms with Crippen LogP contribution in [0.1, 0.15) is 47.9 Å². The van der Waals surface area contributed by atoms with E-state index in [9.17, 15) is 0 Å². The monoisotopic (exact) mass is 281 g/mol. The highest BCUT2D eigenvalue weighted by Crippen LogP contribution is 2.42. The van der Waals surface area contributed by atoms with Crippen LogP contribution >= 0.6 is 0 Å². The van der Waals surface area contributed by atoms with Gasteiger partial charge in [-0.05, 0) is 48.8 Å². The third kappa shape index (κ3) is 2.96. The second kappa shape index (κ2) is 6.31. The molecule has 3 rings (SSSR count). The average Bonchev–Trinajstić information content (AvgIpc) is 2.96. The molecule has 0 aliphatic heterocycles. The summed E-state index contributed by atoms with van der Waals surface area (Å²) in [6.07, 6.45) is 4.53. The number of ether oxygens (including phenoxy) is 1. The zero-order chi connectivity index (χ0) is 14.7. The second-order valence-electron chi connectivity index (χ2n) is 5.86. The number of fused-ring (bicyclic) bond motifs is 1. The smallest absolute Gasteiger partial charge is 0.122 e.